The summed E-state index contributed by atoms with van der Waals surface area (Å²) in [6, 6.07) is 8.32. The largest absolute Gasteiger partial charge is 0.442 e. The maximum Gasteiger partial charge on any atom is 0.414 e. The van der Waals surface area contributed by atoms with Crippen molar-refractivity contribution in [2.45, 2.75) is 17.9 Å². The molecular weight excluding hydrogens is 480 g/mol. The number of nitrogens with zero attached hydrogens (tertiary/aromatic N) is 5. The zero-order valence-electron chi connectivity index (χ0n) is 18.9. The Morgan fingerprint density at radius 1 is 1.17 bits per heavy atom. The van der Waals surface area contributed by atoms with Crippen LogP contribution in [0.3, 0.4) is 0 Å². The third-order valence-electron chi connectivity index (χ3n) is 5.74. The molecule has 2 amide bonds. The number of piperazine rings is 1. The molecule has 35 heavy (non-hydrogen) atoms. The molecule has 1 N–H and O–H groups in total. The van der Waals surface area contributed by atoms with E-state index >= 15 is 0 Å². The highest BCUT2D eigenvalue weighted by molar-refractivity contribution is 7.89. The average molecular weight is 505 g/mol. The van der Waals surface area contributed by atoms with Crippen LogP contribution in [-0.4, -0.2) is 80.0 Å². The summed E-state index contributed by atoms with van der Waals surface area (Å²) in [6.07, 6.45) is 0.592. The molecule has 2 aromatic rings. The van der Waals surface area contributed by atoms with Crippen LogP contribution in [0.1, 0.15) is 6.92 Å². The summed E-state index contributed by atoms with van der Waals surface area (Å²) in [4.78, 5) is 41.3. The van der Waals surface area contributed by atoms with E-state index in [9.17, 15) is 28.1 Å². The highest BCUT2D eigenvalue weighted by atomic mass is 32.2. The van der Waals surface area contributed by atoms with E-state index in [-0.39, 0.29) is 36.1 Å². The van der Waals surface area contributed by atoms with Crippen molar-refractivity contribution in [2.75, 3.05) is 49.1 Å². The number of cyclic esters (lactones) is 1. The topological polar surface area (TPSA) is 155 Å². The Balaban J connectivity index is 1.35. The highest BCUT2D eigenvalue weighted by Crippen LogP contribution is 2.25. The molecule has 13 nitrogen and oxygen atoms in total. The molecule has 2 fully saturated rings. The van der Waals surface area contributed by atoms with Crippen molar-refractivity contribution in [1.82, 2.24) is 14.6 Å². The summed E-state index contributed by atoms with van der Waals surface area (Å²) in [6.45, 7) is 3.18. The second-order valence-corrected chi connectivity index (χ2v) is 10.0. The predicted octanol–water partition coefficient (Wildman–Crippen LogP) is 0.962. The van der Waals surface area contributed by atoms with Gasteiger partial charge in [-0.25, -0.2) is 18.2 Å². The van der Waals surface area contributed by atoms with Gasteiger partial charge in [0.1, 0.15) is 11.9 Å². The highest BCUT2D eigenvalue weighted by Gasteiger charge is 2.33. The van der Waals surface area contributed by atoms with Crippen molar-refractivity contribution in [3.63, 3.8) is 0 Å². The van der Waals surface area contributed by atoms with Crippen LogP contribution in [0.25, 0.3) is 0 Å². The molecule has 0 spiro atoms. The number of rotatable bonds is 7. The van der Waals surface area contributed by atoms with E-state index in [1.54, 1.807) is 18.3 Å². The molecular formula is C21H24N6O7S. The molecule has 4 rings (SSSR count). The number of carbonyl (C=O) groups excluding carboxylic acids is 2. The van der Waals surface area contributed by atoms with Crippen LogP contribution >= 0.6 is 0 Å². The number of sulfonamides is 1. The van der Waals surface area contributed by atoms with Crippen molar-refractivity contribution in [2.24, 2.45) is 0 Å². The zero-order valence-corrected chi connectivity index (χ0v) is 19.7. The minimum Gasteiger partial charge on any atom is -0.442 e. The lowest BCUT2D eigenvalue weighted by molar-refractivity contribution is -0.384. The number of nitrogens with one attached hydrogen (secondary N) is 1. The van der Waals surface area contributed by atoms with Gasteiger partial charge >= 0.3 is 6.09 Å². The van der Waals surface area contributed by atoms with Gasteiger partial charge in [0.2, 0.25) is 15.9 Å². The summed E-state index contributed by atoms with van der Waals surface area (Å²) in [5.74, 6) is 0.439. The van der Waals surface area contributed by atoms with Crippen LogP contribution in [0.2, 0.25) is 0 Å². The number of nitro benzene ring substituents is 1. The molecule has 14 heteroatoms. The van der Waals surface area contributed by atoms with E-state index in [4.69, 9.17) is 4.74 Å². The minimum absolute atomic E-state index is 0.00772. The third-order valence-corrected chi connectivity index (χ3v) is 7.66. The quantitative estimate of drug-likeness (QED) is 0.429. The predicted molar refractivity (Wildman–Crippen MR) is 125 cm³/mol. The van der Waals surface area contributed by atoms with Gasteiger partial charge in [0, 0.05) is 45.2 Å². The fourth-order valence-corrected chi connectivity index (χ4v) is 5.29. The monoisotopic (exact) mass is 504 g/mol. The zero-order chi connectivity index (χ0) is 25.2. The maximum atomic E-state index is 12.9. The first kappa shape index (κ1) is 24.3. The number of anilines is 2. The van der Waals surface area contributed by atoms with Crippen LogP contribution < -0.4 is 15.1 Å². The Kier molecular flexibility index (Phi) is 6.84. The van der Waals surface area contributed by atoms with Gasteiger partial charge in [0.15, 0.2) is 0 Å². The standard InChI is InChI=1S/C21H24N6O7S/c1-15(28)22-13-18-14-26(21(29)34-18)17-4-7-20(23-12-17)24-8-10-25(11-9-24)35(32,33)19-5-2-16(3-6-19)27(30)31/h2-7,12,18H,8-11,13-14H2,1H3,(H,22,28)/t18-/m0/s1. The SMILES string of the molecule is CC(=O)NC[C@H]1CN(c2ccc(N3CCN(S(=O)(=O)c4ccc([N+](=O)[O-])cc4)CC3)nc2)C(=O)O1. The molecule has 0 aliphatic carbocycles. The van der Waals surface area contributed by atoms with E-state index in [2.05, 4.69) is 10.3 Å². The molecule has 0 bridgehead atoms. The van der Waals surface area contributed by atoms with Gasteiger partial charge < -0.3 is 15.0 Å². The number of pyridine rings is 1. The summed E-state index contributed by atoms with van der Waals surface area (Å²) in [7, 11) is -3.77. The van der Waals surface area contributed by atoms with Gasteiger partial charge in [0.05, 0.1) is 34.8 Å². The van der Waals surface area contributed by atoms with Crippen molar-refractivity contribution >= 4 is 39.2 Å². The van der Waals surface area contributed by atoms with E-state index in [1.165, 1.54) is 40.4 Å². The molecule has 1 atom stereocenters. The number of hydrogen-bond donors (Lipinski definition) is 1. The Hall–Kier alpha value is -3.78. The molecule has 1 aromatic heterocycles. The van der Waals surface area contributed by atoms with Gasteiger partial charge in [-0.05, 0) is 24.3 Å². The van der Waals surface area contributed by atoms with Gasteiger partial charge in [-0.2, -0.15) is 4.31 Å². The van der Waals surface area contributed by atoms with E-state index < -0.39 is 27.1 Å². The number of ether oxygens (including phenoxy) is 1. The number of hydrogen-bond acceptors (Lipinski definition) is 9. The molecule has 0 unspecified atom stereocenters. The van der Waals surface area contributed by atoms with Crippen LogP contribution in [0.15, 0.2) is 47.5 Å². The van der Waals surface area contributed by atoms with Crippen molar-refractivity contribution in [3.05, 3.63) is 52.7 Å². The summed E-state index contributed by atoms with van der Waals surface area (Å²) < 4.78 is 32.4. The van der Waals surface area contributed by atoms with Gasteiger partial charge in [0.25, 0.3) is 5.69 Å². The Bertz CT molecular complexity index is 1210. The first-order valence-electron chi connectivity index (χ1n) is 10.8. The number of nitro groups is 1. The Morgan fingerprint density at radius 2 is 1.86 bits per heavy atom. The van der Waals surface area contributed by atoms with Gasteiger partial charge in [-0.1, -0.05) is 0 Å². The average Bonchev–Trinajstić information content (AvgIpc) is 3.23. The molecule has 3 heterocycles. The van der Waals surface area contributed by atoms with Crippen molar-refractivity contribution in [1.29, 1.82) is 0 Å². The summed E-state index contributed by atoms with van der Waals surface area (Å²) >= 11 is 0. The number of aromatic nitrogens is 1. The first-order valence-corrected chi connectivity index (χ1v) is 12.3. The number of carbonyl (C=O) groups is 2. The lowest BCUT2D eigenvalue weighted by atomic mass is 10.3. The second-order valence-electron chi connectivity index (χ2n) is 8.07. The first-order chi connectivity index (χ1) is 16.6. The molecule has 0 saturated carbocycles. The van der Waals surface area contributed by atoms with Crippen molar-refractivity contribution in [3.8, 4) is 0 Å². The normalized spacial score (nSPS) is 18.9. The van der Waals surface area contributed by atoms with Crippen LogP contribution in [-0.2, 0) is 19.6 Å². The fourth-order valence-electron chi connectivity index (χ4n) is 3.87. The lowest BCUT2D eigenvalue weighted by Crippen LogP contribution is -2.48. The number of amides is 2. The molecule has 2 aliphatic heterocycles. The molecule has 1 aromatic carbocycles. The number of benzene rings is 1. The van der Waals surface area contributed by atoms with E-state index in [0.29, 0.717) is 31.1 Å². The van der Waals surface area contributed by atoms with Gasteiger partial charge in [-0.3, -0.25) is 19.8 Å². The van der Waals surface area contributed by atoms with Gasteiger partial charge in [-0.15, -0.1) is 0 Å². The Morgan fingerprint density at radius 3 is 2.43 bits per heavy atom. The smallest absolute Gasteiger partial charge is 0.414 e. The summed E-state index contributed by atoms with van der Waals surface area (Å²) in [5, 5.41) is 13.4. The molecule has 186 valence electrons. The Labute approximate surface area is 201 Å². The maximum absolute atomic E-state index is 12.9. The fraction of sp³-hybridized carbons (Fsp3) is 0.381. The summed E-state index contributed by atoms with van der Waals surface area (Å²) in [5.41, 5.74) is 0.386. The van der Waals surface area contributed by atoms with E-state index in [1.807, 2.05) is 4.90 Å². The van der Waals surface area contributed by atoms with Crippen LogP contribution in [0, 0.1) is 10.1 Å². The van der Waals surface area contributed by atoms with Crippen LogP contribution in [0.5, 0.6) is 0 Å². The molecule has 0 radical (unpaired) electrons. The second kappa shape index (κ2) is 9.84. The molecule has 2 aliphatic rings. The third kappa shape index (κ3) is 5.33. The van der Waals surface area contributed by atoms with Crippen molar-refractivity contribution < 1.29 is 27.7 Å². The minimum atomic E-state index is -3.77. The van der Waals surface area contributed by atoms with E-state index in [0.717, 1.165) is 0 Å². The van der Waals surface area contributed by atoms with Crippen LogP contribution in [0.4, 0.5) is 22.0 Å². The number of non-ortho nitro benzene ring substituents is 1. The molecule has 2 saturated heterocycles. The lowest BCUT2D eigenvalue weighted by Gasteiger charge is -2.34.